The van der Waals surface area contributed by atoms with E-state index in [0.717, 1.165) is 33.0 Å². The van der Waals surface area contributed by atoms with Gasteiger partial charge in [0.25, 0.3) is 5.54 Å². The van der Waals surface area contributed by atoms with Crippen LogP contribution in [-0.4, -0.2) is 19.9 Å². The van der Waals surface area contributed by atoms with Gasteiger partial charge in [0.2, 0.25) is 0 Å². The van der Waals surface area contributed by atoms with E-state index in [0.29, 0.717) is 6.54 Å². The number of phenolic OH excluding ortho intramolecular Hbond substituents is 1. The van der Waals surface area contributed by atoms with E-state index in [-0.39, 0.29) is 5.75 Å². The minimum absolute atomic E-state index is 0.260. The number of benzene rings is 3. The number of aromatic nitrogens is 3. The van der Waals surface area contributed by atoms with Gasteiger partial charge in [0.1, 0.15) is 18.4 Å². The molecule has 0 bridgehead atoms. The van der Waals surface area contributed by atoms with Gasteiger partial charge in [-0.3, -0.25) is 0 Å². The number of rotatable bonds is 4. The monoisotopic (exact) mass is 368 g/mol. The van der Waals surface area contributed by atoms with Crippen LogP contribution in [0.25, 0.3) is 26.7 Å². The summed E-state index contributed by atoms with van der Waals surface area (Å²) >= 11 is 0. The Morgan fingerprint density at radius 2 is 1.79 bits per heavy atom. The maximum absolute atomic E-state index is 9.69. The molecule has 5 heteroatoms. The Labute approximate surface area is 163 Å². The van der Waals surface area contributed by atoms with E-state index in [9.17, 15) is 5.11 Å². The smallest absolute Gasteiger partial charge is 0.252 e. The largest absolute Gasteiger partial charge is 0.508 e. The zero-order chi connectivity index (χ0) is 19.7. The third-order valence-corrected chi connectivity index (χ3v) is 4.95. The lowest BCUT2D eigenvalue weighted by atomic mass is 9.89. The summed E-state index contributed by atoms with van der Waals surface area (Å²) in [7, 11) is 0. The van der Waals surface area contributed by atoms with Crippen molar-refractivity contribution in [2.24, 2.45) is 0 Å². The number of nitrogens with zero attached hydrogens (tertiary/aromatic N) is 4. The lowest BCUT2D eigenvalue weighted by Gasteiger charge is -2.16. The van der Waals surface area contributed by atoms with Crippen molar-refractivity contribution in [3.8, 4) is 16.9 Å². The van der Waals surface area contributed by atoms with Crippen LogP contribution < -0.4 is 0 Å². The number of hydrogen-bond donors (Lipinski definition) is 1. The van der Waals surface area contributed by atoms with Gasteiger partial charge >= 0.3 is 0 Å². The summed E-state index contributed by atoms with van der Waals surface area (Å²) in [5, 5.41) is 15.9. The minimum atomic E-state index is -0.615. The Balaban J connectivity index is 1.84. The standard InChI is InChI=1S/C23H20N4O/c1-23(2,24-3)21-9-16(13-27-15-25-14-26-27)8-20(11-21)18-4-5-19-12-22(28)7-6-17(19)10-18/h4-12,14-15,28H,13H2,1-2H3. The summed E-state index contributed by atoms with van der Waals surface area (Å²) in [6.45, 7) is 12.0. The van der Waals surface area contributed by atoms with E-state index >= 15 is 0 Å². The van der Waals surface area contributed by atoms with Crippen LogP contribution in [0.4, 0.5) is 0 Å². The fourth-order valence-electron chi connectivity index (χ4n) is 3.28. The van der Waals surface area contributed by atoms with E-state index in [1.54, 1.807) is 23.1 Å². The molecule has 0 saturated heterocycles. The highest BCUT2D eigenvalue weighted by Crippen LogP contribution is 2.32. The molecule has 0 spiro atoms. The normalized spacial score (nSPS) is 11.5. The molecule has 0 radical (unpaired) electrons. The van der Waals surface area contributed by atoms with Gasteiger partial charge in [-0.1, -0.05) is 18.2 Å². The predicted octanol–water partition coefficient (Wildman–Crippen LogP) is 5.01. The molecule has 0 atom stereocenters. The first-order valence-electron chi connectivity index (χ1n) is 9.03. The molecule has 0 aliphatic rings. The van der Waals surface area contributed by atoms with Crippen molar-refractivity contribution < 1.29 is 5.11 Å². The molecule has 4 rings (SSSR count). The van der Waals surface area contributed by atoms with Crippen molar-refractivity contribution in [1.82, 2.24) is 14.8 Å². The maximum Gasteiger partial charge on any atom is 0.252 e. The van der Waals surface area contributed by atoms with Crippen LogP contribution >= 0.6 is 0 Å². The minimum Gasteiger partial charge on any atom is -0.508 e. The Bertz CT molecular complexity index is 1190. The maximum atomic E-state index is 9.69. The molecule has 1 N–H and O–H groups in total. The molecule has 0 aliphatic heterocycles. The lowest BCUT2D eigenvalue weighted by molar-refractivity contribution is 0.476. The average molecular weight is 368 g/mol. The van der Waals surface area contributed by atoms with Crippen molar-refractivity contribution in [2.45, 2.75) is 25.9 Å². The zero-order valence-electron chi connectivity index (χ0n) is 15.8. The summed E-state index contributed by atoms with van der Waals surface area (Å²) < 4.78 is 1.77. The quantitative estimate of drug-likeness (QED) is 0.515. The van der Waals surface area contributed by atoms with Gasteiger partial charge < -0.3 is 9.95 Å². The van der Waals surface area contributed by atoms with Crippen LogP contribution in [0.2, 0.25) is 0 Å². The molecule has 0 amide bonds. The molecular weight excluding hydrogens is 348 g/mol. The van der Waals surface area contributed by atoms with Crippen LogP contribution in [0.15, 0.2) is 67.3 Å². The first kappa shape index (κ1) is 17.7. The number of aromatic hydroxyl groups is 1. The Morgan fingerprint density at radius 3 is 2.54 bits per heavy atom. The Kier molecular flexibility index (Phi) is 4.32. The zero-order valence-corrected chi connectivity index (χ0v) is 15.8. The van der Waals surface area contributed by atoms with E-state index in [1.807, 2.05) is 32.0 Å². The SMILES string of the molecule is [C-]#[N+]C(C)(C)c1cc(Cn2cncn2)cc(-c2ccc3cc(O)ccc3c2)c1. The summed E-state index contributed by atoms with van der Waals surface area (Å²) in [5.41, 5.74) is 3.55. The average Bonchev–Trinajstić information content (AvgIpc) is 3.20. The van der Waals surface area contributed by atoms with Crippen LogP contribution in [0.5, 0.6) is 5.75 Å². The van der Waals surface area contributed by atoms with Crippen LogP contribution in [0.1, 0.15) is 25.0 Å². The Morgan fingerprint density at radius 1 is 1.00 bits per heavy atom. The fourth-order valence-corrected chi connectivity index (χ4v) is 3.28. The van der Waals surface area contributed by atoms with Crippen molar-refractivity contribution >= 4 is 10.8 Å². The number of fused-ring (bicyclic) bond motifs is 1. The topological polar surface area (TPSA) is 55.3 Å². The van der Waals surface area contributed by atoms with Gasteiger partial charge in [0.05, 0.1) is 6.54 Å². The van der Waals surface area contributed by atoms with Gasteiger partial charge in [0.15, 0.2) is 0 Å². The van der Waals surface area contributed by atoms with Crippen molar-refractivity contribution in [1.29, 1.82) is 0 Å². The molecule has 0 fully saturated rings. The highest BCUT2D eigenvalue weighted by atomic mass is 16.3. The molecule has 0 unspecified atom stereocenters. The van der Waals surface area contributed by atoms with E-state index < -0.39 is 5.54 Å². The van der Waals surface area contributed by atoms with Gasteiger partial charge in [0, 0.05) is 19.4 Å². The van der Waals surface area contributed by atoms with Gasteiger partial charge in [-0.05, 0) is 63.9 Å². The van der Waals surface area contributed by atoms with Crippen molar-refractivity contribution in [3.05, 3.63) is 89.8 Å². The third kappa shape index (κ3) is 3.45. The third-order valence-electron chi connectivity index (χ3n) is 4.95. The molecule has 0 saturated carbocycles. The highest BCUT2D eigenvalue weighted by Gasteiger charge is 2.27. The second kappa shape index (κ2) is 6.82. The van der Waals surface area contributed by atoms with E-state index in [4.69, 9.17) is 6.57 Å². The molecule has 28 heavy (non-hydrogen) atoms. The first-order chi connectivity index (χ1) is 13.4. The molecule has 138 valence electrons. The first-order valence-corrected chi connectivity index (χ1v) is 9.03. The summed E-state index contributed by atoms with van der Waals surface area (Å²) in [5.74, 6) is 0.260. The second-order valence-electron chi connectivity index (χ2n) is 7.43. The van der Waals surface area contributed by atoms with Crippen LogP contribution in [0.3, 0.4) is 0 Å². The predicted molar refractivity (Wildman–Crippen MR) is 110 cm³/mol. The molecule has 3 aromatic carbocycles. The summed E-state index contributed by atoms with van der Waals surface area (Å²) in [6.07, 6.45) is 3.21. The van der Waals surface area contributed by atoms with Crippen molar-refractivity contribution in [2.75, 3.05) is 0 Å². The Hall–Kier alpha value is -3.65. The van der Waals surface area contributed by atoms with Gasteiger partial charge in [-0.2, -0.15) is 5.10 Å². The highest BCUT2D eigenvalue weighted by molar-refractivity contribution is 5.88. The summed E-state index contributed by atoms with van der Waals surface area (Å²) in [6, 6.07) is 17.8. The molecule has 5 nitrogen and oxygen atoms in total. The van der Waals surface area contributed by atoms with E-state index in [2.05, 4.69) is 39.2 Å². The summed E-state index contributed by atoms with van der Waals surface area (Å²) in [4.78, 5) is 7.82. The fraction of sp³-hybridized carbons (Fsp3) is 0.174. The van der Waals surface area contributed by atoms with E-state index in [1.165, 1.54) is 6.33 Å². The number of hydrogen-bond acceptors (Lipinski definition) is 3. The molecule has 0 aliphatic carbocycles. The molecule has 1 aromatic heterocycles. The van der Waals surface area contributed by atoms with Gasteiger partial charge in [-0.25, -0.2) is 16.2 Å². The molecule has 4 aromatic rings. The van der Waals surface area contributed by atoms with Crippen LogP contribution in [0, 0.1) is 6.57 Å². The lowest BCUT2D eigenvalue weighted by Crippen LogP contribution is -2.12. The van der Waals surface area contributed by atoms with Crippen LogP contribution in [-0.2, 0) is 12.1 Å². The molecular formula is C23H20N4O. The van der Waals surface area contributed by atoms with Crippen molar-refractivity contribution in [3.63, 3.8) is 0 Å². The molecule has 1 heterocycles. The van der Waals surface area contributed by atoms with Gasteiger partial charge in [-0.15, -0.1) is 0 Å². The second-order valence-corrected chi connectivity index (χ2v) is 7.43. The number of phenols is 1.